The molecule has 1 N–H and O–H groups in total. The molecule has 154 valence electrons. The van der Waals surface area contributed by atoms with Crippen LogP contribution in [0.2, 0.25) is 0 Å². The molecule has 0 bridgehead atoms. The third-order valence-electron chi connectivity index (χ3n) is 4.70. The number of rotatable bonds is 5. The van der Waals surface area contributed by atoms with Gasteiger partial charge in [0.15, 0.2) is 10.8 Å². The summed E-state index contributed by atoms with van der Waals surface area (Å²) in [6, 6.07) is 18.0. The zero-order chi connectivity index (χ0) is 21.4. The average molecular weight is 447 g/mol. The van der Waals surface area contributed by atoms with E-state index in [2.05, 4.69) is 50.7 Å². The number of nitrogens with one attached hydrogen (secondary N) is 1. The SMILES string of the molecule is Cc1ccc(-c2ccc3nnc(SCC(=O)Nc4nc5ccc(C)cc5s4)n3n2)cc1. The lowest BCUT2D eigenvalue weighted by molar-refractivity contribution is -0.113. The van der Waals surface area contributed by atoms with Crippen molar-refractivity contribution in [3.05, 3.63) is 65.7 Å². The molecule has 2 aromatic carbocycles. The van der Waals surface area contributed by atoms with Crippen LogP contribution in [-0.2, 0) is 4.79 Å². The molecule has 0 atom stereocenters. The Kier molecular flexibility index (Phi) is 5.13. The maximum absolute atomic E-state index is 12.5. The number of amides is 1. The second-order valence-corrected chi connectivity index (χ2v) is 9.14. The molecule has 0 unspecified atom stereocenters. The Balaban J connectivity index is 1.31. The molecule has 0 fully saturated rings. The van der Waals surface area contributed by atoms with Gasteiger partial charge in [0.1, 0.15) is 0 Å². The van der Waals surface area contributed by atoms with E-state index < -0.39 is 0 Å². The predicted molar refractivity (Wildman–Crippen MR) is 125 cm³/mol. The maximum Gasteiger partial charge on any atom is 0.236 e. The number of carbonyl (C=O) groups excluding carboxylic acids is 1. The summed E-state index contributed by atoms with van der Waals surface area (Å²) in [5, 5.41) is 17.0. The smallest absolute Gasteiger partial charge is 0.236 e. The normalized spacial score (nSPS) is 11.3. The molecule has 9 heteroatoms. The number of carbonyl (C=O) groups is 1. The Morgan fingerprint density at radius 1 is 1.03 bits per heavy atom. The minimum Gasteiger partial charge on any atom is -0.301 e. The van der Waals surface area contributed by atoms with Crippen molar-refractivity contribution in [2.45, 2.75) is 19.0 Å². The second kappa shape index (κ2) is 8.09. The van der Waals surface area contributed by atoms with Crippen LogP contribution in [0, 0.1) is 13.8 Å². The van der Waals surface area contributed by atoms with Gasteiger partial charge in [-0.3, -0.25) is 4.79 Å². The highest BCUT2D eigenvalue weighted by atomic mass is 32.2. The number of thioether (sulfide) groups is 1. The van der Waals surface area contributed by atoms with E-state index >= 15 is 0 Å². The maximum atomic E-state index is 12.5. The Morgan fingerprint density at radius 3 is 2.68 bits per heavy atom. The van der Waals surface area contributed by atoms with Crippen LogP contribution < -0.4 is 5.32 Å². The molecule has 0 saturated carbocycles. The molecular weight excluding hydrogens is 428 g/mol. The van der Waals surface area contributed by atoms with Gasteiger partial charge < -0.3 is 5.32 Å². The van der Waals surface area contributed by atoms with Crippen molar-refractivity contribution in [3.63, 3.8) is 0 Å². The highest BCUT2D eigenvalue weighted by Crippen LogP contribution is 2.27. The molecule has 0 aliphatic heterocycles. The Bertz CT molecular complexity index is 1410. The molecule has 0 aliphatic rings. The molecule has 0 aliphatic carbocycles. The van der Waals surface area contributed by atoms with Gasteiger partial charge >= 0.3 is 0 Å². The molecular formula is C22H18N6OS2. The van der Waals surface area contributed by atoms with Gasteiger partial charge in [-0.1, -0.05) is 59.0 Å². The van der Waals surface area contributed by atoms with Crippen LogP contribution in [0.1, 0.15) is 11.1 Å². The lowest BCUT2D eigenvalue weighted by Crippen LogP contribution is -2.14. The zero-order valence-electron chi connectivity index (χ0n) is 16.9. The number of hydrogen-bond acceptors (Lipinski definition) is 7. The monoisotopic (exact) mass is 446 g/mol. The summed E-state index contributed by atoms with van der Waals surface area (Å²) in [4.78, 5) is 16.9. The quantitative estimate of drug-likeness (QED) is 0.392. The first-order chi connectivity index (χ1) is 15.0. The fraction of sp³-hybridized carbons (Fsp3) is 0.136. The van der Waals surface area contributed by atoms with Crippen molar-refractivity contribution >= 4 is 50.0 Å². The van der Waals surface area contributed by atoms with Gasteiger partial charge in [-0.15, -0.1) is 10.2 Å². The summed E-state index contributed by atoms with van der Waals surface area (Å²) < 4.78 is 2.73. The number of hydrogen-bond donors (Lipinski definition) is 1. The van der Waals surface area contributed by atoms with E-state index in [-0.39, 0.29) is 11.7 Å². The predicted octanol–water partition coefficient (Wildman–Crippen LogP) is 4.75. The van der Waals surface area contributed by atoms with Crippen LogP contribution >= 0.6 is 23.1 Å². The van der Waals surface area contributed by atoms with E-state index in [1.165, 1.54) is 34.2 Å². The van der Waals surface area contributed by atoms with Crippen LogP contribution in [0.25, 0.3) is 27.1 Å². The Hall–Kier alpha value is -3.30. The first kappa shape index (κ1) is 19.7. The fourth-order valence-electron chi connectivity index (χ4n) is 3.11. The molecule has 31 heavy (non-hydrogen) atoms. The van der Waals surface area contributed by atoms with Gasteiger partial charge in [-0.05, 0) is 43.7 Å². The molecule has 0 spiro atoms. The summed E-state index contributed by atoms with van der Waals surface area (Å²) in [7, 11) is 0. The fourth-order valence-corrected chi connectivity index (χ4v) is 4.78. The molecule has 5 rings (SSSR count). The molecule has 5 aromatic rings. The topological polar surface area (TPSA) is 85.1 Å². The highest BCUT2D eigenvalue weighted by molar-refractivity contribution is 7.99. The van der Waals surface area contributed by atoms with Crippen molar-refractivity contribution < 1.29 is 4.79 Å². The molecule has 3 heterocycles. The largest absolute Gasteiger partial charge is 0.301 e. The average Bonchev–Trinajstić information content (AvgIpc) is 3.35. The lowest BCUT2D eigenvalue weighted by Gasteiger charge is -2.04. The number of nitrogens with zero attached hydrogens (tertiary/aromatic N) is 5. The number of aryl methyl sites for hydroxylation is 2. The first-order valence-electron chi connectivity index (χ1n) is 9.64. The van der Waals surface area contributed by atoms with Crippen molar-refractivity contribution in [1.29, 1.82) is 0 Å². The third-order valence-corrected chi connectivity index (χ3v) is 6.56. The van der Waals surface area contributed by atoms with E-state index in [9.17, 15) is 4.79 Å². The molecule has 0 radical (unpaired) electrons. The van der Waals surface area contributed by atoms with Gasteiger partial charge in [0.05, 0.1) is 21.7 Å². The van der Waals surface area contributed by atoms with E-state index in [1.807, 2.05) is 43.3 Å². The summed E-state index contributed by atoms with van der Waals surface area (Å²) >= 11 is 2.76. The number of anilines is 1. The van der Waals surface area contributed by atoms with Gasteiger partial charge in [0.25, 0.3) is 0 Å². The molecule has 1 amide bonds. The van der Waals surface area contributed by atoms with Crippen molar-refractivity contribution in [1.82, 2.24) is 24.8 Å². The van der Waals surface area contributed by atoms with E-state index in [0.717, 1.165) is 21.5 Å². The lowest BCUT2D eigenvalue weighted by atomic mass is 10.1. The number of fused-ring (bicyclic) bond motifs is 2. The summed E-state index contributed by atoms with van der Waals surface area (Å²) in [5.74, 6) is 0.0406. The van der Waals surface area contributed by atoms with Crippen LogP contribution in [-0.4, -0.2) is 36.5 Å². The van der Waals surface area contributed by atoms with Crippen molar-refractivity contribution in [2.75, 3.05) is 11.1 Å². The van der Waals surface area contributed by atoms with Crippen LogP contribution in [0.4, 0.5) is 5.13 Å². The minimum atomic E-state index is -0.146. The van der Waals surface area contributed by atoms with Crippen molar-refractivity contribution in [3.8, 4) is 11.3 Å². The van der Waals surface area contributed by atoms with E-state index in [4.69, 9.17) is 0 Å². The second-order valence-electron chi connectivity index (χ2n) is 7.16. The van der Waals surface area contributed by atoms with Gasteiger partial charge in [0.2, 0.25) is 11.1 Å². The van der Waals surface area contributed by atoms with E-state index in [0.29, 0.717) is 15.9 Å². The van der Waals surface area contributed by atoms with Crippen LogP contribution in [0.5, 0.6) is 0 Å². The molecule has 7 nitrogen and oxygen atoms in total. The first-order valence-corrected chi connectivity index (χ1v) is 11.4. The van der Waals surface area contributed by atoms with Gasteiger partial charge in [0, 0.05) is 5.56 Å². The standard InChI is InChI=1S/C22H18N6OS2/c1-13-3-6-15(7-4-13)16-9-10-19-25-26-22(28(19)27-16)30-12-20(29)24-21-23-17-8-5-14(2)11-18(17)31-21/h3-11H,12H2,1-2H3,(H,23,24,29). The van der Waals surface area contributed by atoms with Gasteiger partial charge in [-0.25, -0.2) is 4.98 Å². The van der Waals surface area contributed by atoms with Gasteiger partial charge in [-0.2, -0.15) is 9.61 Å². The van der Waals surface area contributed by atoms with Crippen molar-refractivity contribution in [2.24, 2.45) is 0 Å². The Morgan fingerprint density at radius 2 is 1.84 bits per heavy atom. The molecule has 0 saturated heterocycles. The molecule has 3 aromatic heterocycles. The zero-order valence-corrected chi connectivity index (χ0v) is 18.5. The summed E-state index contributed by atoms with van der Waals surface area (Å²) in [5.41, 5.74) is 5.72. The summed E-state index contributed by atoms with van der Waals surface area (Å²) in [6.07, 6.45) is 0. The number of aromatic nitrogens is 5. The minimum absolute atomic E-state index is 0.146. The number of thiazole rings is 1. The Labute approximate surface area is 186 Å². The summed E-state index contributed by atoms with van der Waals surface area (Å²) in [6.45, 7) is 4.09. The highest BCUT2D eigenvalue weighted by Gasteiger charge is 2.13. The van der Waals surface area contributed by atoms with Crippen LogP contribution in [0.3, 0.4) is 0 Å². The van der Waals surface area contributed by atoms with E-state index in [1.54, 1.807) is 4.52 Å². The third kappa shape index (κ3) is 4.14. The number of benzene rings is 2. The van der Waals surface area contributed by atoms with Crippen LogP contribution in [0.15, 0.2) is 59.8 Å².